The van der Waals surface area contributed by atoms with E-state index in [9.17, 15) is 20.0 Å². The Morgan fingerprint density at radius 3 is 2.83 bits per heavy atom. The SMILES string of the molecule is CC(C)(C)CC(O)OC[n+]1cccc(C(=O)NCCO[N+](=O)[O-])c1. The third-order valence-electron chi connectivity index (χ3n) is 2.91. The van der Waals surface area contributed by atoms with E-state index in [-0.39, 0.29) is 31.2 Å². The Hall–Kier alpha value is -2.26. The number of ether oxygens (including phenoxy) is 1. The predicted octanol–water partition coefficient (Wildman–Crippen LogP) is 0.641. The van der Waals surface area contributed by atoms with E-state index in [2.05, 4.69) is 10.2 Å². The summed E-state index contributed by atoms with van der Waals surface area (Å²) >= 11 is 0. The van der Waals surface area contributed by atoms with Crippen molar-refractivity contribution in [3.63, 3.8) is 0 Å². The summed E-state index contributed by atoms with van der Waals surface area (Å²) in [6, 6.07) is 3.27. The molecule has 1 atom stereocenters. The molecule has 0 aliphatic carbocycles. The topological polar surface area (TPSA) is 115 Å². The van der Waals surface area contributed by atoms with Gasteiger partial charge in [0.2, 0.25) is 0 Å². The number of nitrogens with zero attached hydrogens (tertiary/aromatic N) is 2. The van der Waals surface area contributed by atoms with Gasteiger partial charge in [-0.05, 0) is 11.5 Å². The van der Waals surface area contributed by atoms with Crippen LogP contribution in [0.4, 0.5) is 0 Å². The minimum absolute atomic E-state index is 0.0233. The fourth-order valence-electron chi connectivity index (χ4n) is 1.88. The lowest BCUT2D eigenvalue weighted by Gasteiger charge is -2.21. The maximum absolute atomic E-state index is 11.9. The van der Waals surface area contributed by atoms with E-state index in [1.165, 1.54) is 0 Å². The molecule has 0 aromatic carbocycles. The third-order valence-corrected chi connectivity index (χ3v) is 2.91. The van der Waals surface area contributed by atoms with E-state index in [4.69, 9.17) is 4.74 Å². The third kappa shape index (κ3) is 8.39. The number of aromatic nitrogens is 1. The standard InChI is InChI=1S/C15H23N3O6/c1-15(2,3)9-13(19)23-11-17-7-4-5-12(10-17)14(20)16-6-8-24-18(21)22/h4-5,7,10,13,19H,6,8-9,11H2,1-3H3/p+1. The van der Waals surface area contributed by atoms with Crippen LogP contribution in [0.15, 0.2) is 24.5 Å². The van der Waals surface area contributed by atoms with Crippen LogP contribution in [-0.4, -0.2) is 35.5 Å². The lowest BCUT2D eigenvalue weighted by molar-refractivity contribution is -0.757. The predicted molar refractivity (Wildman–Crippen MR) is 83.1 cm³/mol. The second-order valence-electron chi connectivity index (χ2n) is 6.43. The van der Waals surface area contributed by atoms with Gasteiger partial charge in [-0.1, -0.05) is 20.8 Å². The largest absolute Gasteiger partial charge is 0.368 e. The molecular weight excluding hydrogens is 318 g/mol. The lowest BCUT2D eigenvalue weighted by atomic mass is 9.92. The fraction of sp³-hybridized carbons (Fsp3) is 0.600. The molecule has 134 valence electrons. The van der Waals surface area contributed by atoms with Gasteiger partial charge in [-0.2, -0.15) is 4.57 Å². The van der Waals surface area contributed by atoms with Crippen molar-refractivity contribution in [2.45, 2.75) is 40.2 Å². The Morgan fingerprint density at radius 2 is 2.21 bits per heavy atom. The number of hydrogen-bond acceptors (Lipinski definition) is 6. The van der Waals surface area contributed by atoms with Gasteiger partial charge in [0.15, 0.2) is 18.7 Å². The molecule has 1 amide bonds. The molecule has 0 aliphatic heterocycles. The summed E-state index contributed by atoms with van der Waals surface area (Å²) in [5, 5.41) is 21.4. The van der Waals surface area contributed by atoms with Crippen molar-refractivity contribution in [2.24, 2.45) is 5.41 Å². The number of amides is 1. The molecule has 1 aromatic rings. The van der Waals surface area contributed by atoms with E-state index in [1.807, 2.05) is 20.8 Å². The Morgan fingerprint density at radius 1 is 1.50 bits per heavy atom. The number of carbonyl (C=O) groups excluding carboxylic acids is 1. The van der Waals surface area contributed by atoms with Gasteiger partial charge in [0, 0.05) is 19.0 Å². The Bertz CT molecular complexity index is 558. The maximum Gasteiger partial charge on any atom is 0.294 e. The van der Waals surface area contributed by atoms with Crippen LogP contribution >= 0.6 is 0 Å². The molecule has 0 aliphatic rings. The molecule has 9 heteroatoms. The Kier molecular flexibility index (Phi) is 7.53. The monoisotopic (exact) mass is 342 g/mol. The first-order chi connectivity index (χ1) is 11.2. The quantitative estimate of drug-likeness (QED) is 0.224. The van der Waals surface area contributed by atoms with E-state index < -0.39 is 11.4 Å². The molecule has 24 heavy (non-hydrogen) atoms. The maximum atomic E-state index is 11.9. The summed E-state index contributed by atoms with van der Waals surface area (Å²) in [7, 11) is 0. The van der Waals surface area contributed by atoms with Gasteiger partial charge in [-0.3, -0.25) is 9.53 Å². The summed E-state index contributed by atoms with van der Waals surface area (Å²) in [6.45, 7) is 5.91. The Balaban J connectivity index is 2.48. The van der Waals surface area contributed by atoms with Gasteiger partial charge in [0.1, 0.15) is 12.2 Å². The van der Waals surface area contributed by atoms with Crippen LogP contribution in [-0.2, 0) is 16.3 Å². The molecule has 2 N–H and O–H groups in total. The molecule has 1 unspecified atom stereocenters. The van der Waals surface area contributed by atoms with Crippen molar-refractivity contribution in [1.82, 2.24) is 5.32 Å². The summed E-state index contributed by atoms with van der Waals surface area (Å²) in [5.74, 6) is -0.383. The second kappa shape index (κ2) is 9.14. The number of aliphatic hydroxyl groups is 1. The van der Waals surface area contributed by atoms with Crippen molar-refractivity contribution in [3.05, 3.63) is 40.2 Å². The number of rotatable bonds is 9. The summed E-state index contributed by atoms with van der Waals surface area (Å²) in [4.78, 5) is 26.0. The average Bonchev–Trinajstić information content (AvgIpc) is 2.48. The highest BCUT2D eigenvalue weighted by Crippen LogP contribution is 2.20. The highest BCUT2D eigenvalue weighted by molar-refractivity contribution is 5.93. The van der Waals surface area contributed by atoms with Crippen LogP contribution in [0.2, 0.25) is 0 Å². The Labute approximate surface area is 140 Å². The lowest BCUT2D eigenvalue weighted by Crippen LogP contribution is -2.39. The minimum atomic E-state index is -0.914. The summed E-state index contributed by atoms with van der Waals surface area (Å²) in [6.07, 6.45) is 2.86. The van der Waals surface area contributed by atoms with E-state index >= 15 is 0 Å². The van der Waals surface area contributed by atoms with Crippen LogP contribution in [0.1, 0.15) is 37.6 Å². The molecule has 0 fully saturated rings. The average molecular weight is 342 g/mol. The molecule has 1 rings (SSSR count). The zero-order chi connectivity index (χ0) is 18.2. The van der Waals surface area contributed by atoms with Gasteiger partial charge >= 0.3 is 0 Å². The van der Waals surface area contributed by atoms with Crippen LogP contribution < -0.4 is 9.88 Å². The minimum Gasteiger partial charge on any atom is -0.368 e. The number of aliphatic hydroxyl groups excluding tert-OH is 1. The molecule has 0 saturated carbocycles. The van der Waals surface area contributed by atoms with E-state index in [0.717, 1.165) is 0 Å². The first-order valence-electron chi connectivity index (χ1n) is 7.52. The first-order valence-corrected chi connectivity index (χ1v) is 7.52. The normalized spacial score (nSPS) is 12.5. The van der Waals surface area contributed by atoms with Crippen LogP contribution in [0, 0.1) is 15.5 Å². The highest BCUT2D eigenvalue weighted by Gasteiger charge is 2.18. The van der Waals surface area contributed by atoms with Crippen LogP contribution in [0.5, 0.6) is 0 Å². The first kappa shape index (κ1) is 19.8. The number of carbonyl (C=O) groups is 1. The fourth-order valence-corrected chi connectivity index (χ4v) is 1.88. The number of hydrogen-bond donors (Lipinski definition) is 2. The zero-order valence-electron chi connectivity index (χ0n) is 14.1. The van der Waals surface area contributed by atoms with Gasteiger partial charge in [0.25, 0.3) is 17.7 Å². The van der Waals surface area contributed by atoms with Gasteiger partial charge in [-0.25, -0.2) is 0 Å². The summed E-state index contributed by atoms with van der Waals surface area (Å²) < 4.78 is 6.97. The zero-order valence-corrected chi connectivity index (χ0v) is 14.1. The van der Waals surface area contributed by atoms with Crippen molar-refractivity contribution >= 4 is 5.91 Å². The smallest absolute Gasteiger partial charge is 0.294 e. The molecule has 0 radical (unpaired) electrons. The highest BCUT2D eigenvalue weighted by atomic mass is 16.9. The van der Waals surface area contributed by atoms with Crippen LogP contribution in [0.25, 0.3) is 0 Å². The van der Waals surface area contributed by atoms with Crippen LogP contribution in [0.3, 0.4) is 0 Å². The van der Waals surface area contributed by atoms with E-state index in [1.54, 1.807) is 29.1 Å². The van der Waals surface area contributed by atoms with Gasteiger partial charge in [0.05, 0.1) is 0 Å². The molecule has 1 heterocycles. The molecule has 0 saturated heterocycles. The molecule has 9 nitrogen and oxygen atoms in total. The van der Waals surface area contributed by atoms with Crippen molar-refractivity contribution in [1.29, 1.82) is 0 Å². The second-order valence-corrected chi connectivity index (χ2v) is 6.43. The molecule has 0 spiro atoms. The molecule has 1 aromatic heterocycles. The van der Waals surface area contributed by atoms with E-state index in [0.29, 0.717) is 12.0 Å². The molecular formula is C15H24N3O6+. The van der Waals surface area contributed by atoms with Crippen molar-refractivity contribution < 1.29 is 29.1 Å². The number of nitrogens with one attached hydrogen (secondary N) is 1. The van der Waals surface area contributed by atoms with Gasteiger partial charge in [-0.15, -0.1) is 10.1 Å². The van der Waals surface area contributed by atoms with Crippen molar-refractivity contribution in [2.75, 3.05) is 13.2 Å². The molecule has 0 bridgehead atoms. The van der Waals surface area contributed by atoms with Gasteiger partial charge < -0.3 is 15.3 Å². The number of pyridine rings is 1. The summed E-state index contributed by atoms with van der Waals surface area (Å²) in [5.41, 5.74) is 0.310. The van der Waals surface area contributed by atoms with Crippen molar-refractivity contribution in [3.8, 4) is 0 Å².